The molecule has 2 aliphatic carbocycles. The Kier molecular flexibility index (Phi) is 4.18. The predicted octanol–water partition coefficient (Wildman–Crippen LogP) is -0.929. The third-order valence-electron chi connectivity index (χ3n) is 4.90. The molecule has 0 spiro atoms. The molecule has 1 aromatic carbocycles. The Morgan fingerprint density at radius 1 is 1.28 bits per heavy atom. The average molecular weight is 268 g/mol. The molecular weight excluding hydrogens is 246 g/mol. The van der Waals surface area contributed by atoms with Gasteiger partial charge in [-0.3, -0.25) is 0 Å². The van der Waals surface area contributed by atoms with Crippen molar-refractivity contribution in [1.82, 2.24) is 0 Å². The van der Waals surface area contributed by atoms with Gasteiger partial charge in [0.1, 0.15) is 5.75 Å². The van der Waals surface area contributed by atoms with Crippen LogP contribution in [0.5, 0.6) is 5.75 Å². The van der Waals surface area contributed by atoms with Crippen molar-refractivity contribution in [2.75, 3.05) is 13.7 Å². The topological polar surface area (TPSA) is 36.9 Å². The van der Waals surface area contributed by atoms with Crippen LogP contribution in [-0.2, 0) is 0 Å². The number of hydrogen-bond acceptors (Lipinski definition) is 1. The Balaban J connectivity index is 0.00000120. The number of fused-ring (bicyclic) bond motifs is 2. The molecule has 0 heterocycles. The van der Waals surface area contributed by atoms with Gasteiger partial charge in [0.25, 0.3) is 0 Å². The van der Waals surface area contributed by atoms with Crippen LogP contribution in [0.15, 0.2) is 24.3 Å². The highest BCUT2D eigenvalue weighted by atomic mass is 35.5. The second-order valence-corrected chi connectivity index (χ2v) is 5.59. The van der Waals surface area contributed by atoms with Crippen molar-refractivity contribution in [2.45, 2.75) is 25.2 Å². The molecule has 2 aliphatic rings. The summed E-state index contributed by atoms with van der Waals surface area (Å²) in [5.41, 5.74) is 5.65. The standard InChI is InChI=1S/C15H21NO.ClH/c1-17-13-4-2-3-11(8-13)15-12-6-5-10(7-12)14(15)9-16;/h2-4,8,10,12,14-15H,5-7,9,16H2,1H3;1H/t10-,12+,14+,15+;/m1./s1. The molecular formula is C15H22ClNO. The highest BCUT2D eigenvalue weighted by molar-refractivity contribution is 5.33. The summed E-state index contributed by atoms with van der Waals surface area (Å²) < 4.78 is 5.35. The highest BCUT2D eigenvalue weighted by Gasteiger charge is 2.48. The van der Waals surface area contributed by atoms with E-state index in [2.05, 4.69) is 23.9 Å². The van der Waals surface area contributed by atoms with E-state index >= 15 is 0 Å². The van der Waals surface area contributed by atoms with Gasteiger partial charge >= 0.3 is 0 Å². The summed E-state index contributed by atoms with van der Waals surface area (Å²) in [6, 6.07) is 8.67. The van der Waals surface area contributed by atoms with E-state index in [1.807, 2.05) is 6.07 Å². The van der Waals surface area contributed by atoms with Gasteiger partial charge in [0, 0.05) is 5.92 Å². The van der Waals surface area contributed by atoms with Gasteiger partial charge in [-0.2, -0.15) is 0 Å². The van der Waals surface area contributed by atoms with Crippen molar-refractivity contribution in [3.8, 4) is 5.75 Å². The summed E-state index contributed by atoms with van der Waals surface area (Å²) in [7, 11) is 1.75. The van der Waals surface area contributed by atoms with Gasteiger partial charge in [0.2, 0.25) is 0 Å². The summed E-state index contributed by atoms with van der Waals surface area (Å²) in [5.74, 6) is 4.38. The van der Waals surface area contributed by atoms with Crippen molar-refractivity contribution in [3.63, 3.8) is 0 Å². The van der Waals surface area contributed by atoms with E-state index in [0.717, 1.165) is 36.0 Å². The largest absolute Gasteiger partial charge is 1.00 e. The molecule has 2 fully saturated rings. The van der Waals surface area contributed by atoms with Crippen LogP contribution in [-0.4, -0.2) is 13.7 Å². The van der Waals surface area contributed by atoms with Crippen LogP contribution in [0.4, 0.5) is 0 Å². The van der Waals surface area contributed by atoms with E-state index in [4.69, 9.17) is 4.74 Å². The third kappa shape index (κ3) is 2.12. The van der Waals surface area contributed by atoms with Crippen molar-refractivity contribution < 1.29 is 22.9 Å². The fourth-order valence-corrected chi connectivity index (χ4v) is 4.19. The quantitative estimate of drug-likeness (QED) is 0.755. The number of rotatable bonds is 3. The molecule has 2 nitrogen and oxygen atoms in total. The lowest BCUT2D eigenvalue weighted by Gasteiger charge is -2.29. The summed E-state index contributed by atoms with van der Waals surface area (Å²) in [5, 5.41) is 0. The van der Waals surface area contributed by atoms with Crippen LogP contribution in [0.2, 0.25) is 0 Å². The summed E-state index contributed by atoms with van der Waals surface area (Å²) >= 11 is 0. The number of quaternary nitrogens is 1. The molecule has 3 rings (SSSR count). The second kappa shape index (κ2) is 5.50. The first-order valence-electron chi connectivity index (χ1n) is 6.76. The van der Waals surface area contributed by atoms with E-state index in [0.29, 0.717) is 0 Å². The van der Waals surface area contributed by atoms with Crippen molar-refractivity contribution in [1.29, 1.82) is 0 Å². The fourth-order valence-electron chi connectivity index (χ4n) is 4.19. The van der Waals surface area contributed by atoms with Gasteiger partial charge in [0.15, 0.2) is 0 Å². The van der Waals surface area contributed by atoms with Crippen molar-refractivity contribution >= 4 is 0 Å². The highest BCUT2D eigenvalue weighted by Crippen LogP contribution is 2.56. The maximum absolute atomic E-state index is 5.35. The zero-order valence-corrected chi connectivity index (χ0v) is 11.7. The van der Waals surface area contributed by atoms with E-state index in [1.54, 1.807) is 7.11 Å². The molecule has 2 saturated carbocycles. The van der Waals surface area contributed by atoms with Crippen LogP contribution in [0.25, 0.3) is 0 Å². The molecule has 2 bridgehead atoms. The molecule has 0 amide bonds. The molecule has 3 N–H and O–H groups in total. The third-order valence-corrected chi connectivity index (χ3v) is 4.90. The Morgan fingerprint density at radius 3 is 2.78 bits per heavy atom. The Morgan fingerprint density at radius 2 is 2.06 bits per heavy atom. The maximum atomic E-state index is 5.35. The van der Waals surface area contributed by atoms with Gasteiger partial charge in [-0.1, -0.05) is 12.1 Å². The monoisotopic (exact) mass is 267 g/mol. The molecule has 4 atom stereocenters. The Bertz CT molecular complexity index is 409. The van der Waals surface area contributed by atoms with Crippen molar-refractivity contribution in [3.05, 3.63) is 29.8 Å². The zero-order chi connectivity index (χ0) is 11.8. The van der Waals surface area contributed by atoms with Gasteiger partial charge in [-0.05, 0) is 54.7 Å². The van der Waals surface area contributed by atoms with Gasteiger partial charge in [-0.25, -0.2) is 0 Å². The van der Waals surface area contributed by atoms with Crippen LogP contribution < -0.4 is 22.9 Å². The minimum atomic E-state index is 0. The lowest BCUT2D eigenvalue weighted by molar-refractivity contribution is -0.382. The van der Waals surface area contributed by atoms with E-state index in [-0.39, 0.29) is 12.4 Å². The molecule has 0 saturated heterocycles. The van der Waals surface area contributed by atoms with E-state index in [1.165, 1.54) is 24.8 Å². The van der Waals surface area contributed by atoms with Crippen molar-refractivity contribution in [2.24, 2.45) is 17.8 Å². The normalized spacial score (nSPS) is 33.2. The first kappa shape index (κ1) is 13.7. The lowest BCUT2D eigenvalue weighted by Crippen LogP contribution is -3.00. The number of ether oxygens (including phenoxy) is 1. The Hall–Kier alpha value is -0.730. The summed E-state index contributed by atoms with van der Waals surface area (Å²) in [6.45, 7) is 1.09. The molecule has 0 aliphatic heterocycles. The number of benzene rings is 1. The minimum absolute atomic E-state index is 0. The first-order chi connectivity index (χ1) is 8.33. The predicted molar refractivity (Wildman–Crippen MR) is 67.8 cm³/mol. The smallest absolute Gasteiger partial charge is 0.119 e. The van der Waals surface area contributed by atoms with Crippen LogP contribution in [0.1, 0.15) is 30.7 Å². The number of hydrogen-bond donors (Lipinski definition) is 1. The van der Waals surface area contributed by atoms with Gasteiger partial charge in [-0.15, -0.1) is 0 Å². The van der Waals surface area contributed by atoms with Crippen LogP contribution in [0.3, 0.4) is 0 Å². The SMILES string of the molecule is COc1cccc([C@H]2[C@H]3CC[C@H](C3)[C@@H]2C[NH3+])c1.[Cl-]. The van der Waals surface area contributed by atoms with E-state index in [9.17, 15) is 0 Å². The van der Waals surface area contributed by atoms with Crippen LogP contribution in [0, 0.1) is 17.8 Å². The zero-order valence-electron chi connectivity index (χ0n) is 10.9. The van der Waals surface area contributed by atoms with Gasteiger partial charge in [0.05, 0.1) is 13.7 Å². The Labute approximate surface area is 115 Å². The van der Waals surface area contributed by atoms with Gasteiger partial charge < -0.3 is 22.9 Å². The average Bonchev–Trinajstić information content (AvgIpc) is 2.98. The number of methoxy groups -OCH3 is 1. The number of halogens is 1. The lowest BCUT2D eigenvalue weighted by atomic mass is 9.75. The molecule has 100 valence electrons. The fraction of sp³-hybridized carbons (Fsp3) is 0.600. The molecule has 1 aromatic rings. The van der Waals surface area contributed by atoms with Crippen LogP contribution >= 0.6 is 0 Å². The molecule has 0 radical (unpaired) electrons. The second-order valence-electron chi connectivity index (χ2n) is 5.59. The minimum Gasteiger partial charge on any atom is -1.00 e. The molecule has 3 heteroatoms. The summed E-state index contributed by atoms with van der Waals surface area (Å²) in [6.07, 6.45) is 4.29. The first-order valence-corrected chi connectivity index (χ1v) is 6.76. The maximum Gasteiger partial charge on any atom is 0.119 e. The molecule has 0 unspecified atom stereocenters. The molecule has 0 aromatic heterocycles. The summed E-state index contributed by atoms with van der Waals surface area (Å²) in [4.78, 5) is 0. The van der Waals surface area contributed by atoms with E-state index < -0.39 is 0 Å². The molecule has 18 heavy (non-hydrogen) atoms.